The number of nitrogens with zero attached hydrogens (tertiary/aromatic N) is 3. The number of hydrogen-bond donors (Lipinski definition) is 3. The normalized spacial score (nSPS) is 13.2. The van der Waals surface area contributed by atoms with E-state index < -0.39 is 51.4 Å². The Balaban J connectivity index is 1.66. The molecule has 37 heavy (non-hydrogen) atoms. The van der Waals surface area contributed by atoms with Gasteiger partial charge >= 0.3 is 6.18 Å². The van der Waals surface area contributed by atoms with E-state index in [-0.39, 0.29) is 23.8 Å². The van der Waals surface area contributed by atoms with Crippen LogP contribution in [-0.2, 0) is 34.0 Å². The summed E-state index contributed by atoms with van der Waals surface area (Å²) in [5.41, 5.74) is -0.345. The highest BCUT2D eigenvalue weighted by Gasteiger charge is 2.35. The zero-order chi connectivity index (χ0) is 27.1. The number of benzene rings is 2. The Morgan fingerprint density at radius 2 is 1.89 bits per heavy atom. The van der Waals surface area contributed by atoms with Crippen LogP contribution in [0.2, 0.25) is 0 Å². The number of carbonyl (C=O) groups excluding carboxylic acids is 1. The first kappa shape index (κ1) is 26.1. The highest BCUT2D eigenvalue weighted by atomic mass is 32.2. The maximum Gasteiger partial charge on any atom is 0.421 e. The van der Waals surface area contributed by atoms with Crippen molar-refractivity contribution in [3.63, 3.8) is 0 Å². The fraction of sp³-hybridized carbons (Fsp3) is 0.227. The van der Waals surface area contributed by atoms with E-state index >= 15 is 0 Å². The summed E-state index contributed by atoms with van der Waals surface area (Å²) in [7, 11) is -2.94. The molecule has 9 nitrogen and oxygen atoms in total. The molecule has 0 aliphatic carbocycles. The molecule has 15 heteroatoms. The van der Waals surface area contributed by atoms with Crippen LogP contribution in [0.1, 0.15) is 16.7 Å². The van der Waals surface area contributed by atoms with Crippen molar-refractivity contribution in [2.45, 2.75) is 19.1 Å². The number of carbonyl (C=O) groups is 1. The van der Waals surface area contributed by atoms with Crippen molar-refractivity contribution in [1.29, 1.82) is 0 Å². The smallest absolute Gasteiger partial charge is 0.365 e. The summed E-state index contributed by atoms with van der Waals surface area (Å²) in [4.78, 5) is 19.1. The average Bonchev–Trinajstić information content (AvgIpc) is 3.15. The molecule has 0 radical (unpaired) electrons. The first-order valence-corrected chi connectivity index (χ1v) is 12.4. The van der Waals surface area contributed by atoms with Crippen LogP contribution in [0.15, 0.2) is 36.5 Å². The first-order chi connectivity index (χ1) is 17.2. The summed E-state index contributed by atoms with van der Waals surface area (Å²) in [6.07, 6.45) is -3.41. The van der Waals surface area contributed by atoms with Gasteiger partial charge in [0.2, 0.25) is 21.9 Å². The number of anilines is 5. The Labute approximate surface area is 207 Å². The van der Waals surface area contributed by atoms with E-state index in [1.54, 1.807) is 18.2 Å². The number of aromatic nitrogens is 2. The Hall–Kier alpha value is -4.01. The molecule has 0 saturated heterocycles. The van der Waals surface area contributed by atoms with E-state index in [0.29, 0.717) is 33.5 Å². The third-order valence-corrected chi connectivity index (χ3v) is 6.62. The molecule has 1 aromatic heterocycles. The van der Waals surface area contributed by atoms with Gasteiger partial charge in [-0.15, -0.1) is 0 Å². The molecule has 0 spiro atoms. The monoisotopic (exact) mass is 542 g/mol. The molecule has 2 aromatic carbocycles. The molecule has 3 N–H and O–H groups in total. The number of fused-ring (bicyclic) bond motifs is 1. The molecule has 0 saturated carbocycles. The molecule has 0 fully saturated rings. The fourth-order valence-corrected chi connectivity index (χ4v) is 4.21. The summed E-state index contributed by atoms with van der Waals surface area (Å²) in [5.74, 6) is -3.40. The number of halogens is 5. The number of alkyl halides is 3. The van der Waals surface area contributed by atoms with Gasteiger partial charge in [-0.1, -0.05) is 0 Å². The molecule has 0 bridgehead atoms. The van der Waals surface area contributed by atoms with Crippen molar-refractivity contribution in [3.05, 3.63) is 64.9 Å². The van der Waals surface area contributed by atoms with E-state index in [9.17, 15) is 35.2 Å². The van der Waals surface area contributed by atoms with Crippen LogP contribution >= 0.6 is 0 Å². The zero-order valence-corrected chi connectivity index (χ0v) is 20.1. The van der Waals surface area contributed by atoms with Gasteiger partial charge in [0, 0.05) is 42.8 Å². The molecule has 0 unspecified atom stereocenters. The molecular formula is C22H19F5N6O3S. The second kappa shape index (κ2) is 9.46. The summed E-state index contributed by atoms with van der Waals surface area (Å²) in [5, 5.41) is 7.80. The summed E-state index contributed by atoms with van der Waals surface area (Å²) in [6.45, 7) is -0.601. The Morgan fingerprint density at radius 3 is 2.57 bits per heavy atom. The number of rotatable bonds is 7. The van der Waals surface area contributed by atoms with Gasteiger partial charge in [-0.2, -0.15) is 18.2 Å². The zero-order valence-electron chi connectivity index (χ0n) is 19.2. The van der Waals surface area contributed by atoms with Crippen LogP contribution in [0.4, 0.5) is 50.8 Å². The molecular weight excluding hydrogens is 523 g/mol. The fourth-order valence-electron chi connectivity index (χ4n) is 3.67. The van der Waals surface area contributed by atoms with E-state index in [1.165, 1.54) is 0 Å². The van der Waals surface area contributed by atoms with E-state index in [4.69, 9.17) is 0 Å². The van der Waals surface area contributed by atoms with Gasteiger partial charge in [0.25, 0.3) is 0 Å². The summed E-state index contributed by atoms with van der Waals surface area (Å²) < 4.78 is 93.7. The topological polar surface area (TPSA) is 116 Å². The third-order valence-electron chi connectivity index (χ3n) is 5.45. The van der Waals surface area contributed by atoms with Gasteiger partial charge in [-0.3, -0.25) is 9.10 Å². The van der Waals surface area contributed by atoms with Crippen molar-refractivity contribution in [2.75, 3.05) is 33.6 Å². The van der Waals surface area contributed by atoms with Crippen LogP contribution in [0.3, 0.4) is 0 Å². The standard InChI is InChI=1S/C22H19F5N6O3S/c1-33(37(2,35)36)19-12(5-13(23)8-16(19)24)9-28-20-15(22(25,26)27)10-29-21(32-20)30-14-3-4-17-11(6-14)7-18(34)31-17/h3-6,8,10H,7,9H2,1-2H3,(H,31,34)(H2,28,29,30,32). The van der Waals surface area contributed by atoms with Gasteiger partial charge in [-0.05, 0) is 29.8 Å². The largest absolute Gasteiger partial charge is 0.421 e. The molecule has 4 rings (SSSR count). The molecule has 3 aromatic rings. The summed E-state index contributed by atoms with van der Waals surface area (Å²) >= 11 is 0. The van der Waals surface area contributed by atoms with E-state index in [1.807, 2.05) is 0 Å². The van der Waals surface area contributed by atoms with Gasteiger partial charge < -0.3 is 16.0 Å². The predicted molar refractivity (Wildman–Crippen MR) is 126 cm³/mol. The van der Waals surface area contributed by atoms with Gasteiger partial charge in [-0.25, -0.2) is 22.2 Å². The minimum atomic E-state index is -4.87. The number of amides is 1. The van der Waals surface area contributed by atoms with Crippen molar-refractivity contribution >= 4 is 44.8 Å². The second-order valence-electron chi connectivity index (χ2n) is 8.15. The van der Waals surface area contributed by atoms with Crippen LogP contribution in [0, 0.1) is 11.6 Å². The number of sulfonamides is 1. The lowest BCUT2D eigenvalue weighted by molar-refractivity contribution is -0.137. The Bertz CT molecular complexity index is 1500. The van der Waals surface area contributed by atoms with Crippen molar-refractivity contribution in [2.24, 2.45) is 0 Å². The Morgan fingerprint density at radius 1 is 1.16 bits per heavy atom. The number of nitrogens with one attached hydrogen (secondary N) is 3. The predicted octanol–water partition coefficient (Wildman–Crippen LogP) is 4.02. The van der Waals surface area contributed by atoms with Crippen LogP contribution < -0.4 is 20.3 Å². The quantitative estimate of drug-likeness (QED) is 0.386. The number of hydrogen-bond acceptors (Lipinski definition) is 7. The SMILES string of the molecule is CN(c1c(F)cc(F)cc1CNc1nc(Nc2ccc3c(c2)CC(=O)N3)ncc1C(F)(F)F)S(C)(=O)=O. The van der Waals surface area contributed by atoms with Crippen molar-refractivity contribution in [1.82, 2.24) is 9.97 Å². The van der Waals surface area contributed by atoms with E-state index in [0.717, 1.165) is 19.4 Å². The van der Waals surface area contributed by atoms with Gasteiger partial charge in [0.05, 0.1) is 18.4 Å². The minimum absolute atomic E-state index is 0.139. The molecule has 1 aliphatic heterocycles. The van der Waals surface area contributed by atoms with Crippen LogP contribution in [0.25, 0.3) is 0 Å². The molecule has 2 heterocycles. The third kappa shape index (κ3) is 5.71. The average molecular weight is 542 g/mol. The van der Waals surface area contributed by atoms with Crippen molar-refractivity contribution in [3.8, 4) is 0 Å². The first-order valence-electron chi connectivity index (χ1n) is 10.5. The summed E-state index contributed by atoms with van der Waals surface area (Å²) in [6, 6.07) is 6.07. The highest BCUT2D eigenvalue weighted by molar-refractivity contribution is 7.92. The molecule has 196 valence electrons. The second-order valence-corrected chi connectivity index (χ2v) is 10.2. The van der Waals surface area contributed by atoms with Gasteiger partial charge in [0.1, 0.15) is 17.2 Å². The molecule has 0 atom stereocenters. The Kier molecular flexibility index (Phi) is 6.66. The van der Waals surface area contributed by atoms with Crippen molar-refractivity contribution < 1.29 is 35.2 Å². The highest BCUT2D eigenvalue weighted by Crippen LogP contribution is 2.35. The molecule has 1 amide bonds. The maximum absolute atomic E-state index is 14.5. The molecule has 1 aliphatic rings. The minimum Gasteiger partial charge on any atom is -0.365 e. The lowest BCUT2D eigenvalue weighted by atomic mass is 10.1. The lowest BCUT2D eigenvalue weighted by Crippen LogP contribution is -2.27. The van der Waals surface area contributed by atoms with Crippen LogP contribution in [-0.4, -0.2) is 37.6 Å². The van der Waals surface area contributed by atoms with E-state index in [2.05, 4.69) is 25.9 Å². The lowest BCUT2D eigenvalue weighted by Gasteiger charge is -2.22. The van der Waals surface area contributed by atoms with Gasteiger partial charge in [0.15, 0.2) is 5.82 Å². The maximum atomic E-state index is 14.5. The van der Waals surface area contributed by atoms with Crippen LogP contribution in [0.5, 0.6) is 0 Å².